The molecule has 1 unspecified atom stereocenters. The number of halogens is 6. The number of rotatable bonds is 5. The van der Waals surface area contributed by atoms with Crippen LogP contribution in [0.2, 0.25) is 0 Å². The van der Waals surface area contributed by atoms with Crippen LogP contribution in [0.1, 0.15) is 11.1 Å². The Balaban J connectivity index is 2.28. The Morgan fingerprint density at radius 1 is 1.31 bits per heavy atom. The molecule has 0 saturated heterocycles. The van der Waals surface area contributed by atoms with Gasteiger partial charge in [0.2, 0.25) is 5.90 Å². The Kier molecular flexibility index (Phi) is 5.64. The number of nitrogens with one attached hydrogen (secondary N) is 2. The molecule has 1 aromatic rings. The Bertz CT molecular complexity index is 702. The second-order valence-corrected chi connectivity index (χ2v) is 5.15. The molecule has 0 spiro atoms. The van der Waals surface area contributed by atoms with Crippen LogP contribution in [0.4, 0.5) is 32.0 Å². The van der Waals surface area contributed by atoms with Crippen molar-refractivity contribution in [3.63, 3.8) is 0 Å². The van der Waals surface area contributed by atoms with Crippen LogP contribution >= 0.6 is 0 Å². The second kappa shape index (κ2) is 7.40. The lowest BCUT2D eigenvalue weighted by atomic mass is 10.1. The summed E-state index contributed by atoms with van der Waals surface area (Å²) in [5.41, 5.74) is 0.183. The number of nitrogens with zero attached hydrogens (tertiary/aromatic N) is 1. The van der Waals surface area contributed by atoms with E-state index in [1.54, 1.807) is 0 Å². The van der Waals surface area contributed by atoms with Crippen molar-refractivity contribution in [3.05, 3.63) is 29.3 Å². The van der Waals surface area contributed by atoms with E-state index < -0.39 is 48.8 Å². The van der Waals surface area contributed by atoms with E-state index in [0.29, 0.717) is 6.07 Å². The molecule has 144 valence electrons. The molecular weight excluding hydrogens is 372 g/mol. The third-order valence-electron chi connectivity index (χ3n) is 3.32. The van der Waals surface area contributed by atoms with Crippen LogP contribution < -0.4 is 10.7 Å². The molecule has 1 amide bonds. The molecule has 0 saturated carbocycles. The smallest absolute Gasteiger partial charge is 0.418 e. The van der Waals surface area contributed by atoms with Crippen LogP contribution in [0.5, 0.6) is 0 Å². The number of amides is 1. The maximum Gasteiger partial charge on any atom is 0.418 e. The van der Waals surface area contributed by atoms with Crippen LogP contribution in [-0.4, -0.2) is 44.3 Å². The zero-order chi connectivity index (χ0) is 19.5. The fourth-order valence-electron chi connectivity index (χ4n) is 2.06. The van der Waals surface area contributed by atoms with E-state index in [0.717, 1.165) is 13.2 Å². The molecule has 1 heterocycles. The highest BCUT2D eigenvalue weighted by Gasteiger charge is 2.40. The van der Waals surface area contributed by atoms with Gasteiger partial charge in [-0.3, -0.25) is 4.79 Å². The predicted octanol–water partition coefficient (Wildman–Crippen LogP) is 2.50. The van der Waals surface area contributed by atoms with Crippen molar-refractivity contribution in [2.24, 2.45) is 5.10 Å². The van der Waals surface area contributed by atoms with E-state index in [9.17, 15) is 31.1 Å². The van der Waals surface area contributed by atoms with Gasteiger partial charge in [0.15, 0.2) is 12.7 Å². The molecule has 2 N–H and O–H groups in total. The summed E-state index contributed by atoms with van der Waals surface area (Å²) in [7, 11) is 0.806. The fraction of sp³-hybridized carbons (Fsp3) is 0.429. The van der Waals surface area contributed by atoms with Gasteiger partial charge in [-0.1, -0.05) is 0 Å². The standard InChI is InChI=1S/C14H13F6N3O3/c1-25-10(14(18,19)20)5-21-9-3-2-7(4-8(9)13(15,16)17)12-23-22-11(24)6-26-12/h2-4,10,21H,5-6H2,1H3,(H,22,24). The SMILES string of the molecule is COC(CNc1ccc(C2=NNC(=O)CO2)cc1C(F)(F)F)C(F)(F)F. The first-order valence-electron chi connectivity index (χ1n) is 7.06. The summed E-state index contributed by atoms with van der Waals surface area (Å²) in [6.45, 7) is -1.32. The first-order valence-corrected chi connectivity index (χ1v) is 7.06. The summed E-state index contributed by atoms with van der Waals surface area (Å²) in [6.07, 6.45) is -11.9. The summed E-state index contributed by atoms with van der Waals surface area (Å²) in [5, 5.41) is 5.59. The van der Waals surface area contributed by atoms with Crippen LogP contribution in [0, 0.1) is 0 Å². The Hall–Kier alpha value is -2.50. The van der Waals surface area contributed by atoms with Crippen LogP contribution in [0.15, 0.2) is 23.3 Å². The van der Waals surface area contributed by atoms with Crippen molar-refractivity contribution in [3.8, 4) is 0 Å². The number of hydrazone groups is 1. The van der Waals surface area contributed by atoms with Crippen molar-refractivity contribution < 1.29 is 40.6 Å². The third kappa shape index (κ3) is 4.77. The topological polar surface area (TPSA) is 72.0 Å². The Morgan fingerprint density at radius 2 is 2.00 bits per heavy atom. The number of carbonyl (C=O) groups is 1. The number of ether oxygens (including phenoxy) is 2. The van der Waals surface area contributed by atoms with Crippen LogP contribution in [-0.2, 0) is 20.4 Å². The summed E-state index contributed by atoms with van der Waals surface area (Å²) >= 11 is 0. The molecule has 6 nitrogen and oxygen atoms in total. The average Bonchev–Trinajstić information content (AvgIpc) is 2.54. The van der Waals surface area contributed by atoms with E-state index in [-0.39, 0.29) is 11.5 Å². The minimum atomic E-state index is -4.85. The molecule has 0 bridgehead atoms. The van der Waals surface area contributed by atoms with Gasteiger partial charge in [0.05, 0.1) is 12.1 Å². The molecule has 0 fully saturated rings. The number of benzene rings is 1. The summed E-state index contributed by atoms with van der Waals surface area (Å²) < 4.78 is 86.9. The Labute approximate surface area is 143 Å². The van der Waals surface area contributed by atoms with Crippen molar-refractivity contribution in [2.75, 3.05) is 25.6 Å². The van der Waals surface area contributed by atoms with Crippen LogP contribution in [0.3, 0.4) is 0 Å². The number of carbonyl (C=O) groups excluding carboxylic acids is 1. The van der Waals surface area contributed by atoms with Gasteiger partial charge in [-0.25, -0.2) is 5.43 Å². The van der Waals surface area contributed by atoms with E-state index in [1.807, 2.05) is 0 Å². The minimum Gasteiger partial charge on any atom is -0.466 e. The fourth-order valence-corrected chi connectivity index (χ4v) is 2.06. The summed E-state index contributed by atoms with van der Waals surface area (Å²) in [5.74, 6) is -0.812. The normalized spacial score (nSPS) is 16.4. The molecule has 2 rings (SSSR count). The molecule has 1 atom stereocenters. The molecule has 1 aliphatic heterocycles. The zero-order valence-electron chi connectivity index (χ0n) is 13.2. The largest absolute Gasteiger partial charge is 0.466 e. The van der Waals surface area contributed by atoms with E-state index in [1.165, 1.54) is 6.07 Å². The van der Waals surface area contributed by atoms with Gasteiger partial charge in [-0.05, 0) is 18.2 Å². The van der Waals surface area contributed by atoms with Crippen LogP contribution in [0.25, 0.3) is 0 Å². The van der Waals surface area contributed by atoms with Crippen molar-refractivity contribution in [1.29, 1.82) is 0 Å². The van der Waals surface area contributed by atoms with Gasteiger partial charge in [0.25, 0.3) is 5.91 Å². The molecular formula is C14H13F6N3O3. The lowest BCUT2D eigenvalue weighted by molar-refractivity contribution is -0.207. The lowest BCUT2D eigenvalue weighted by Crippen LogP contribution is -2.37. The van der Waals surface area contributed by atoms with Gasteiger partial charge in [-0.15, -0.1) is 5.10 Å². The predicted molar refractivity (Wildman–Crippen MR) is 77.4 cm³/mol. The van der Waals surface area contributed by atoms with Crippen molar-refractivity contribution >= 4 is 17.5 Å². The van der Waals surface area contributed by atoms with E-state index in [2.05, 4.69) is 20.6 Å². The van der Waals surface area contributed by atoms with Crippen molar-refractivity contribution in [1.82, 2.24) is 5.43 Å². The number of hydrogen-bond donors (Lipinski definition) is 2. The minimum absolute atomic E-state index is 0.0954. The molecule has 1 aliphatic rings. The molecule has 0 aliphatic carbocycles. The molecule has 0 aromatic heterocycles. The molecule has 0 radical (unpaired) electrons. The monoisotopic (exact) mass is 385 g/mol. The number of methoxy groups -OCH3 is 1. The average molecular weight is 385 g/mol. The summed E-state index contributed by atoms with van der Waals surface area (Å²) in [6, 6.07) is 2.78. The first-order chi connectivity index (χ1) is 12.0. The highest BCUT2D eigenvalue weighted by molar-refractivity contribution is 5.98. The van der Waals surface area contributed by atoms with Gasteiger partial charge in [-0.2, -0.15) is 26.3 Å². The van der Waals surface area contributed by atoms with Gasteiger partial charge < -0.3 is 14.8 Å². The maximum absolute atomic E-state index is 13.3. The molecule has 1 aromatic carbocycles. The zero-order valence-corrected chi connectivity index (χ0v) is 13.2. The summed E-state index contributed by atoms with van der Waals surface area (Å²) in [4.78, 5) is 10.9. The second-order valence-electron chi connectivity index (χ2n) is 5.15. The number of hydrogen-bond acceptors (Lipinski definition) is 5. The quantitative estimate of drug-likeness (QED) is 0.765. The van der Waals surface area contributed by atoms with E-state index in [4.69, 9.17) is 4.74 Å². The third-order valence-corrected chi connectivity index (χ3v) is 3.32. The van der Waals surface area contributed by atoms with E-state index >= 15 is 0 Å². The number of alkyl halides is 6. The van der Waals surface area contributed by atoms with Gasteiger partial charge in [0, 0.05) is 18.4 Å². The lowest BCUT2D eigenvalue weighted by Gasteiger charge is -2.22. The van der Waals surface area contributed by atoms with Gasteiger partial charge in [0.1, 0.15) is 0 Å². The highest BCUT2D eigenvalue weighted by Crippen LogP contribution is 2.36. The maximum atomic E-state index is 13.3. The number of anilines is 1. The van der Waals surface area contributed by atoms with Crippen molar-refractivity contribution in [2.45, 2.75) is 18.5 Å². The molecule has 26 heavy (non-hydrogen) atoms. The Morgan fingerprint density at radius 3 is 2.50 bits per heavy atom. The van der Waals surface area contributed by atoms with Gasteiger partial charge >= 0.3 is 12.4 Å². The molecule has 12 heteroatoms. The highest BCUT2D eigenvalue weighted by atomic mass is 19.4. The first kappa shape index (κ1) is 19.8.